The van der Waals surface area contributed by atoms with Gasteiger partial charge < -0.3 is 15.1 Å². The van der Waals surface area contributed by atoms with Crippen molar-refractivity contribution >= 4 is 17.3 Å². The molecule has 3 rings (SSSR count). The van der Waals surface area contributed by atoms with Crippen LogP contribution in [0.4, 0.5) is 21.7 Å². The molecule has 1 aromatic heterocycles. The van der Waals surface area contributed by atoms with Gasteiger partial charge in [0.1, 0.15) is 23.3 Å². The monoisotopic (exact) mass is 315 g/mol. The molecule has 1 aliphatic heterocycles. The van der Waals surface area contributed by atoms with E-state index in [1.54, 1.807) is 6.07 Å². The fourth-order valence-corrected chi connectivity index (χ4v) is 2.79. The van der Waals surface area contributed by atoms with E-state index in [2.05, 4.69) is 32.0 Å². The van der Waals surface area contributed by atoms with Crippen LogP contribution >= 0.6 is 0 Å². The number of anilines is 3. The number of likely N-dealkylation sites (N-methyl/N-ethyl adjacent to an activating group) is 1. The van der Waals surface area contributed by atoms with Crippen molar-refractivity contribution < 1.29 is 4.39 Å². The lowest BCUT2D eigenvalue weighted by molar-refractivity contribution is 0.270. The van der Waals surface area contributed by atoms with Gasteiger partial charge in [0.2, 0.25) is 0 Å². The highest BCUT2D eigenvalue weighted by atomic mass is 19.1. The molecule has 23 heavy (non-hydrogen) atoms. The summed E-state index contributed by atoms with van der Waals surface area (Å²) in [6.45, 7) is 9.17. The molecule has 1 N–H and O–H groups in total. The fourth-order valence-electron chi connectivity index (χ4n) is 2.79. The number of aryl methyl sites for hydroxylation is 1. The van der Waals surface area contributed by atoms with Crippen molar-refractivity contribution in [2.45, 2.75) is 13.8 Å². The highest BCUT2D eigenvalue weighted by Crippen LogP contribution is 2.21. The molecule has 6 heteroatoms. The van der Waals surface area contributed by atoms with Crippen LogP contribution in [0.1, 0.15) is 12.7 Å². The predicted octanol–water partition coefficient (Wildman–Crippen LogP) is 2.81. The molecule has 1 aliphatic rings. The van der Waals surface area contributed by atoms with Crippen LogP contribution in [0.3, 0.4) is 0 Å². The van der Waals surface area contributed by atoms with E-state index in [1.165, 1.54) is 12.1 Å². The van der Waals surface area contributed by atoms with Crippen molar-refractivity contribution in [3.8, 4) is 0 Å². The molecular weight excluding hydrogens is 293 g/mol. The fraction of sp³-hybridized carbons (Fsp3) is 0.412. The number of benzene rings is 1. The lowest BCUT2D eigenvalue weighted by Crippen LogP contribution is -2.46. The normalized spacial score (nSPS) is 15.7. The van der Waals surface area contributed by atoms with Crippen LogP contribution in [-0.4, -0.2) is 47.6 Å². The molecule has 0 amide bonds. The van der Waals surface area contributed by atoms with E-state index in [0.717, 1.165) is 38.5 Å². The first-order valence-electron chi connectivity index (χ1n) is 7.99. The molecule has 0 aliphatic carbocycles. The summed E-state index contributed by atoms with van der Waals surface area (Å²) >= 11 is 0. The molecule has 0 unspecified atom stereocenters. The Morgan fingerprint density at radius 1 is 1.13 bits per heavy atom. The first-order valence-corrected chi connectivity index (χ1v) is 7.99. The summed E-state index contributed by atoms with van der Waals surface area (Å²) in [6.07, 6.45) is 0. The average molecular weight is 315 g/mol. The molecule has 1 fully saturated rings. The first kappa shape index (κ1) is 15.7. The summed E-state index contributed by atoms with van der Waals surface area (Å²) in [4.78, 5) is 13.7. The van der Waals surface area contributed by atoms with Gasteiger partial charge in [0, 0.05) is 37.9 Å². The van der Waals surface area contributed by atoms with E-state index in [9.17, 15) is 4.39 Å². The van der Waals surface area contributed by atoms with Crippen LogP contribution in [-0.2, 0) is 0 Å². The van der Waals surface area contributed by atoms with E-state index < -0.39 is 0 Å². The Balaban J connectivity index is 1.77. The van der Waals surface area contributed by atoms with Crippen LogP contribution in [0, 0.1) is 12.7 Å². The van der Waals surface area contributed by atoms with Crippen LogP contribution in [0.2, 0.25) is 0 Å². The number of halogens is 1. The largest absolute Gasteiger partial charge is 0.354 e. The van der Waals surface area contributed by atoms with E-state index in [1.807, 2.05) is 19.1 Å². The van der Waals surface area contributed by atoms with Crippen LogP contribution < -0.4 is 10.2 Å². The van der Waals surface area contributed by atoms with Gasteiger partial charge in [-0.1, -0.05) is 13.0 Å². The van der Waals surface area contributed by atoms with Gasteiger partial charge in [-0.3, -0.25) is 0 Å². The van der Waals surface area contributed by atoms with Crippen LogP contribution in [0.25, 0.3) is 0 Å². The van der Waals surface area contributed by atoms with Crippen LogP contribution in [0.5, 0.6) is 0 Å². The van der Waals surface area contributed by atoms with E-state index in [0.29, 0.717) is 17.3 Å². The molecule has 0 saturated carbocycles. The molecule has 0 spiro atoms. The van der Waals surface area contributed by atoms with Crippen LogP contribution in [0.15, 0.2) is 30.3 Å². The third kappa shape index (κ3) is 3.96. The number of hydrogen-bond acceptors (Lipinski definition) is 5. The van der Waals surface area contributed by atoms with E-state index >= 15 is 0 Å². The van der Waals surface area contributed by atoms with Gasteiger partial charge in [0.25, 0.3) is 0 Å². The molecule has 0 atom stereocenters. The third-order valence-electron chi connectivity index (χ3n) is 4.06. The Labute approximate surface area is 136 Å². The van der Waals surface area contributed by atoms with Gasteiger partial charge in [-0.25, -0.2) is 14.4 Å². The van der Waals surface area contributed by atoms with E-state index in [4.69, 9.17) is 0 Å². The Morgan fingerprint density at radius 2 is 1.91 bits per heavy atom. The van der Waals surface area contributed by atoms with E-state index in [-0.39, 0.29) is 5.82 Å². The minimum Gasteiger partial charge on any atom is -0.354 e. The summed E-state index contributed by atoms with van der Waals surface area (Å²) in [5, 5.41) is 3.16. The zero-order chi connectivity index (χ0) is 16.2. The summed E-state index contributed by atoms with van der Waals surface area (Å²) in [6, 6.07) is 8.31. The van der Waals surface area contributed by atoms with Crippen molar-refractivity contribution in [3.63, 3.8) is 0 Å². The molecule has 1 aromatic carbocycles. The number of nitrogens with zero attached hydrogens (tertiary/aromatic N) is 4. The van der Waals surface area contributed by atoms with Crippen molar-refractivity contribution in [3.05, 3.63) is 42.0 Å². The maximum Gasteiger partial charge on any atom is 0.136 e. The van der Waals surface area contributed by atoms with Crippen molar-refractivity contribution in [2.75, 3.05) is 42.9 Å². The third-order valence-corrected chi connectivity index (χ3v) is 4.06. The first-order chi connectivity index (χ1) is 11.1. The lowest BCUT2D eigenvalue weighted by atomic mass is 10.3. The number of rotatable bonds is 4. The summed E-state index contributed by atoms with van der Waals surface area (Å²) in [5.74, 6) is 2.05. The highest BCUT2D eigenvalue weighted by molar-refractivity contribution is 5.59. The summed E-state index contributed by atoms with van der Waals surface area (Å²) in [5.41, 5.74) is 0.685. The van der Waals surface area contributed by atoms with Crippen molar-refractivity contribution in [2.24, 2.45) is 0 Å². The highest BCUT2D eigenvalue weighted by Gasteiger charge is 2.17. The molecular formula is C17H22FN5. The Kier molecular flexibility index (Phi) is 4.71. The number of nitrogens with one attached hydrogen (secondary N) is 1. The Hall–Kier alpha value is -2.21. The van der Waals surface area contributed by atoms with Gasteiger partial charge in [0.05, 0.1) is 0 Å². The second-order valence-corrected chi connectivity index (χ2v) is 5.72. The number of piperazine rings is 1. The van der Waals surface area contributed by atoms with Gasteiger partial charge in [-0.2, -0.15) is 0 Å². The van der Waals surface area contributed by atoms with Gasteiger partial charge >= 0.3 is 0 Å². The molecule has 1 saturated heterocycles. The maximum atomic E-state index is 13.3. The summed E-state index contributed by atoms with van der Waals surface area (Å²) < 4.78 is 13.3. The zero-order valence-electron chi connectivity index (χ0n) is 13.6. The predicted molar refractivity (Wildman–Crippen MR) is 90.8 cm³/mol. The quantitative estimate of drug-likeness (QED) is 0.940. The maximum absolute atomic E-state index is 13.3. The van der Waals surface area contributed by atoms with Gasteiger partial charge in [0.15, 0.2) is 0 Å². The number of hydrogen-bond donors (Lipinski definition) is 1. The average Bonchev–Trinajstić information content (AvgIpc) is 2.54. The molecule has 0 radical (unpaired) electrons. The molecule has 122 valence electrons. The molecule has 5 nitrogen and oxygen atoms in total. The van der Waals surface area contributed by atoms with Gasteiger partial charge in [-0.05, 0) is 31.7 Å². The Bertz CT molecular complexity index is 668. The molecule has 0 bridgehead atoms. The second kappa shape index (κ2) is 6.91. The minimum atomic E-state index is -0.267. The number of aromatic nitrogens is 2. The molecule has 2 aromatic rings. The standard InChI is InChI=1S/C17H22FN5/c1-3-22-7-9-23(10-8-22)17-12-16(19-13(2)20-17)21-15-6-4-5-14(18)11-15/h4-6,11-12H,3,7-10H2,1-2H3,(H,19,20,21). The van der Waals surface area contributed by atoms with Crippen molar-refractivity contribution in [1.82, 2.24) is 14.9 Å². The lowest BCUT2D eigenvalue weighted by Gasteiger charge is -2.34. The smallest absolute Gasteiger partial charge is 0.136 e. The SMILES string of the molecule is CCN1CCN(c2cc(Nc3cccc(F)c3)nc(C)n2)CC1. The molecule has 2 heterocycles. The zero-order valence-corrected chi connectivity index (χ0v) is 13.6. The van der Waals surface area contributed by atoms with Gasteiger partial charge in [-0.15, -0.1) is 0 Å². The topological polar surface area (TPSA) is 44.3 Å². The minimum absolute atomic E-state index is 0.267. The Morgan fingerprint density at radius 3 is 2.61 bits per heavy atom. The summed E-state index contributed by atoms with van der Waals surface area (Å²) in [7, 11) is 0. The van der Waals surface area contributed by atoms with Crippen molar-refractivity contribution in [1.29, 1.82) is 0 Å². The second-order valence-electron chi connectivity index (χ2n) is 5.72.